The van der Waals surface area contributed by atoms with Crippen LogP contribution in [0.3, 0.4) is 0 Å². The number of hydrogen-bond donors (Lipinski definition) is 4. The molecule has 6 amide bonds. The molecule has 21 heteroatoms. The molecule has 20 nitrogen and oxygen atoms in total. The second-order valence-electron chi connectivity index (χ2n) is 20.5. The van der Waals surface area contributed by atoms with Gasteiger partial charge in [-0.25, -0.2) is 4.39 Å². The van der Waals surface area contributed by atoms with Gasteiger partial charge in [0.05, 0.1) is 69.1 Å². The third-order valence-electron chi connectivity index (χ3n) is 14.6. The molecule has 9 rings (SSSR count). The Kier molecular flexibility index (Phi) is 17.6. The summed E-state index contributed by atoms with van der Waals surface area (Å²) in [5.41, 5.74) is 5.18. The monoisotopic (exact) mass is 1110 g/mol. The lowest BCUT2D eigenvalue weighted by molar-refractivity contribution is -0.132. The maximum absolute atomic E-state index is 14.5. The third kappa shape index (κ3) is 12.8. The minimum absolute atomic E-state index is 0.139. The average Bonchev–Trinajstić information content (AvgIpc) is 4.21. The first-order valence-electron chi connectivity index (χ1n) is 26.9. The summed E-state index contributed by atoms with van der Waals surface area (Å²) in [4.78, 5) is 93.1. The lowest BCUT2D eigenvalue weighted by Crippen LogP contribution is -2.53. The topological polar surface area (TPSA) is 239 Å². The van der Waals surface area contributed by atoms with E-state index in [0.29, 0.717) is 102 Å². The fourth-order valence-electron chi connectivity index (χ4n) is 10.1. The van der Waals surface area contributed by atoms with Crippen molar-refractivity contribution in [2.24, 2.45) is 15.9 Å². The van der Waals surface area contributed by atoms with Crippen LogP contribution in [0.4, 0.5) is 21.5 Å². The minimum atomic E-state index is -0.925. The highest BCUT2D eigenvalue weighted by Gasteiger charge is 2.36. The predicted octanol–water partition coefficient (Wildman–Crippen LogP) is 7.50. The molecule has 0 spiro atoms. The molecule has 5 aliphatic heterocycles. The lowest BCUT2D eigenvalue weighted by atomic mass is 10.0. The highest BCUT2D eigenvalue weighted by molar-refractivity contribution is 6.07. The van der Waals surface area contributed by atoms with E-state index >= 15 is 0 Å². The molecule has 0 aliphatic carbocycles. The summed E-state index contributed by atoms with van der Waals surface area (Å²) in [7, 11) is 4.39. The number of aliphatic hydroxyl groups excluding tert-OH is 1. The van der Waals surface area contributed by atoms with Crippen LogP contribution in [-0.4, -0.2) is 139 Å². The zero-order chi connectivity index (χ0) is 57.5. The Morgan fingerprint density at radius 1 is 0.679 bits per heavy atom. The Bertz CT molecular complexity index is 3260. The van der Waals surface area contributed by atoms with E-state index in [9.17, 15) is 38.3 Å². The van der Waals surface area contributed by atoms with E-state index in [2.05, 4.69) is 20.9 Å². The standard InChI is InChI=1S/C60H65FN8O12/c1-34(2)56(66-53(70)11-8-7-9-20-67-54(71)18-19-55(67)72)58(74)64-35(3)57(73)65-40-15-12-36(13-16-40)38-23-41-30-62-46-28-51(49(78-5)26-43(46)59(75)68(41)32-38)80-21-10-22-81-52-29-47-44(27-50(52)79-6)60(76)69-33-39(24-42(69)31-63-47)37-14-17-48(77-4)45(61)25-37/h12-19,25-35,41-42,54,56,71H,7-11,20-24H2,1-6H3,(H,64,74)(H,65,73)(H,66,70)/t35?,41-,42-,54?,56-/m0/s1. The molecule has 0 aromatic heterocycles. The van der Waals surface area contributed by atoms with Gasteiger partial charge in [-0.05, 0) is 90.4 Å². The van der Waals surface area contributed by atoms with Crippen molar-refractivity contribution >= 4 is 76.1 Å². The Hall–Kier alpha value is -8.85. The van der Waals surface area contributed by atoms with Gasteiger partial charge in [0.1, 0.15) is 18.3 Å². The summed E-state index contributed by atoms with van der Waals surface area (Å²) in [6, 6.07) is 15.9. The molecule has 4 aromatic carbocycles. The number of aliphatic hydroxyl groups is 1. The zero-order valence-corrected chi connectivity index (χ0v) is 45.9. The van der Waals surface area contributed by atoms with Crippen LogP contribution in [0.25, 0.3) is 11.1 Å². The predicted molar refractivity (Wildman–Crippen MR) is 301 cm³/mol. The number of amides is 6. The highest BCUT2D eigenvalue weighted by atomic mass is 19.1. The van der Waals surface area contributed by atoms with Gasteiger partial charge in [0, 0.05) is 81.0 Å². The van der Waals surface area contributed by atoms with Gasteiger partial charge in [0.15, 0.2) is 34.6 Å². The number of methoxy groups -OCH3 is 3. The van der Waals surface area contributed by atoms with Gasteiger partial charge in [-0.2, -0.15) is 0 Å². The molecular formula is C60H65FN8O12. The molecule has 4 N–H and O–H groups in total. The molecule has 0 fully saturated rings. The molecule has 81 heavy (non-hydrogen) atoms. The summed E-state index contributed by atoms with van der Waals surface area (Å²) in [6.07, 6.45) is 12.2. The summed E-state index contributed by atoms with van der Waals surface area (Å²) in [5.74, 6) is -1.14. The molecule has 0 saturated carbocycles. The largest absolute Gasteiger partial charge is 0.494 e. The average molecular weight is 1110 g/mol. The van der Waals surface area contributed by atoms with Gasteiger partial charge in [0.25, 0.3) is 11.8 Å². The van der Waals surface area contributed by atoms with Gasteiger partial charge >= 0.3 is 0 Å². The molecular weight excluding hydrogens is 1040 g/mol. The molecule has 424 valence electrons. The summed E-state index contributed by atoms with van der Waals surface area (Å²) in [6.45, 7) is 5.99. The number of fused-ring (bicyclic) bond motifs is 4. The first-order valence-corrected chi connectivity index (χ1v) is 26.9. The molecule has 4 aromatic rings. The number of nitrogens with one attached hydrogen (secondary N) is 3. The maximum Gasteiger partial charge on any atom is 0.260 e. The number of halogens is 1. The van der Waals surface area contributed by atoms with Gasteiger partial charge in [-0.15, -0.1) is 0 Å². The highest BCUT2D eigenvalue weighted by Crippen LogP contribution is 2.42. The Labute approximate surface area is 468 Å². The van der Waals surface area contributed by atoms with Crippen LogP contribution >= 0.6 is 0 Å². The number of benzene rings is 4. The molecule has 2 unspecified atom stereocenters. The summed E-state index contributed by atoms with van der Waals surface area (Å²) >= 11 is 0. The molecule has 0 saturated heterocycles. The first-order chi connectivity index (χ1) is 39.0. The van der Waals surface area contributed by atoms with Crippen molar-refractivity contribution in [3.63, 3.8) is 0 Å². The van der Waals surface area contributed by atoms with Crippen molar-refractivity contribution in [1.29, 1.82) is 0 Å². The van der Waals surface area contributed by atoms with Crippen molar-refractivity contribution in [3.8, 4) is 28.7 Å². The number of anilines is 1. The van der Waals surface area contributed by atoms with E-state index < -0.39 is 35.9 Å². The summed E-state index contributed by atoms with van der Waals surface area (Å²) < 4.78 is 43.2. The lowest BCUT2D eigenvalue weighted by Gasteiger charge is -2.24. The number of carbonyl (C=O) groups excluding carboxylic acids is 6. The van der Waals surface area contributed by atoms with Crippen LogP contribution in [0.1, 0.15) is 97.6 Å². The van der Waals surface area contributed by atoms with Crippen molar-refractivity contribution in [1.82, 2.24) is 25.3 Å². The number of unbranched alkanes of at least 4 members (excludes halogenated alkanes) is 2. The minimum Gasteiger partial charge on any atom is -0.494 e. The van der Waals surface area contributed by atoms with Crippen LogP contribution in [0.5, 0.6) is 28.7 Å². The van der Waals surface area contributed by atoms with Gasteiger partial charge in [-0.3, -0.25) is 38.8 Å². The van der Waals surface area contributed by atoms with Crippen LogP contribution in [0, 0.1) is 11.7 Å². The normalized spacial score (nSPS) is 18.5. The summed E-state index contributed by atoms with van der Waals surface area (Å²) in [5, 5.41) is 18.2. The second-order valence-corrected chi connectivity index (χ2v) is 20.5. The number of aliphatic imine (C=N–C) groups is 2. The maximum atomic E-state index is 14.5. The van der Waals surface area contributed by atoms with E-state index in [0.717, 1.165) is 16.7 Å². The van der Waals surface area contributed by atoms with Gasteiger partial charge in [0.2, 0.25) is 23.6 Å². The van der Waals surface area contributed by atoms with Crippen LogP contribution in [-0.2, 0) is 19.2 Å². The van der Waals surface area contributed by atoms with Gasteiger partial charge in [-0.1, -0.05) is 38.5 Å². The first kappa shape index (κ1) is 56.9. The van der Waals surface area contributed by atoms with E-state index in [4.69, 9.17) is 28.7 Å². The fraction of sp³-hybridized carbons (Fsp3) is 0.367. The Balaban J connectivity index is 0.741. The number of hydrogen-bond acceptors (Lipinski definition) is 14. The van der Waals surface area contributed by atoms with Crippen LogP contribution in [0.15, 0.2) is 101 Å². The number of ether oxygens (including phenoxy) is 5. The number of carbonyl (C=O) groups is 6. The van der Waals surface area contributed by atoms with Crippen molar-refractivity contribution < 1.29 is 61.9 Å². The van der Waals surface area contributed by atoms with E-state index in [1.807, 2.05) is 12.1 Å². The van der Waals surface area contributed by atoms with Crippen LogP contribution in [0.2, 0.25) is 0 Å². The van der Waals surface area contributed by atoms with Crippen molar-refractivity contribution in [2.45, 2.75) is 96.1 Å². The SMILES string of the molecule is COc1ccc(C2=CN3C(=O)c4cc(OC)c(OCCCOc5cc6c(cc5OC)C(=O)N5C=C(c7ccc(NC(=O)C(C)NC(=O)[C@@H](NC(=O)CCCCCN8C(=O)C=CC8O)C(C)C)cc7)C[C@H]5C=N6)cc4N=C[C@@H]3C2)cc1F. The Morgan fingerprint density at radius 2 is 1.25 bits per heavy atom. The zero-order valence-electron chi connectivity index (χ0n) is 45.9. The third-order valence-corrected chi connectivity index (χ3v) is 14.6. The molecule has 5 aliphatic rings. The molecule has 5 heterocycles. The van der Waals surface area contributed by atoms with Gasteiger partial charge < -0.3 is 59.4 Å². The van der Waals surface area contributed by atoms with E-state index in [1.54, 1.807) is 104 Å². The smallest absolute Gasteiger partial charge is 0.260 e. The Morgan fingerprint density at radius 3 is 1.78 bits per heavy atom. The van der Waals surface area contributed by atoms with Crippen molar-refractivity contribution in [2.75, 3.05) is 46.4 Å². The van der Waals surface area contributed by atoms with Crippen molar-refractivity contribution in [3.05, 3.63) is 119 Å². The molecule has 0 radical (unpaired) electrons. The van der Waals surface area contributed by atoms with E-state index in [-0.39, 0.29) is 67.0 Å². The number of nitrogens with zero attached hydrogens (tertiary/aromatic N) is 5. The quantitative estimate of drug-likeness (QED) is 0.0528. The number of rotatable bonds is 23. The molecule has 0 bridgehead atoms. The second kappa shape index (κ2) is 25.1. The van der Waals surface area contributed by atoms with E-state index in [1.165, 1.54) is 44.4 Å². The fourth-order valence-corrected chi connectivity index (χ4v) is 10.1. The van der Waals surface area contributed by atoms with Crippen LogP contribution < -0.4 is 39.6 Å². The molecule has 5 atom stereocenters.